The molecule has 4 heteroatoms. The molecule has 0 saturated heterocycles. The number of rotatable bonds is 2. The van der Waals surface area contributed by atoms with E-state index in [0.717, 1.165) is 11.4 Å². The van der Waals surface area contributed by atoms with Crippen LogP contribution < -0.4 is 4.74 Å². The third-order valence-corrected chi connectivity index (χ3v) is 2.55. The molecule has 0 radical (unpaired) electrons. The third-order valence-electron chi connectivity index (χ3n) is 2.55. The Kier molecular flexibility index (Phi) is 2.88. The fourth-order valence-electron chi connectivity index (χ4n) is 1.50. The number of aromatic nitrogens is 3. The Balaban J connectivity index is 2.30. The molecule has 0 spiro atoms. The van der Waals surface area contributed by atoms with Crippen molar-refractivity contribution in [3.63, 3.8) is 0 Å². The average molecular weight is 231 g/mol. The number of pyridine rings is 1. The first kappa shape index (κ1) is 11.6. The van der Waals surface area contributed by atoms with Gasteiger partial charge in [0, 0.05) is 17.7 Å². The minimum absolute atomic E-state index is 0.0607. The third kappa shape index (κ3) is 2.46. The lowest BCUT2D eigenvalue weighted by atomic mass is 9.93. The second-order valence-electron chi connectivity index (χ2n) is 4.95. The van der Waals surface area contributed by atoms with Crippen LogP contribution in [0.3, 0.4) is 0 Å². The first-order valence-electron chi connectivity index (χ1n) is 5.57. The van der Waals surface area contributed by atoms with E-state index in [1.165, 1.54) is 0 Å². The van der Waals surface area contributed by atoms with Crippen LogP contribution in [0.25, 0.3) is 5.69 Å². The molecule has 2 rings (SSSR count). The normalized spacial score (nSPS) is 11.5. The van der Waals surface area contributed by atoms with Crippen LogP contribution in [0.15, 0.2) is 30.6 Å². The van der Waals surface area contributed by atoms with Crippen LogP contribution in [0, 0.1) is 0 Å². The van der Waals surface area contributed by atoms with Gasteiger partial charge in [-0.1, -0.05) is 20.8 Å². The molecule has 0 atom stereocenters. The molecule has 2 heterocycles. The lowest BCUT2D eigenvalue weighted by Crippen LogP contribution is -2.12. The Morgan fingerprint density at radius 1 is 1.18 bits per heavy atom. The van der Waals surface area contributed by atoms with Gasteiger partial charge in [0.15, 0.2) is 0 Å². The van der Waals surface area contributed by atoms with Crippen LogP contribution in [-0.4, -0.2) is 21.9 Å². The van der Waals surface area contributed by atoms with E-state index < -0.39 is 0 Å². The average Bonchev–Trinajstić information content (AvgIpc) is 2.78. The first-order chi connectivity index (χ1) is 8.00. The highest BCUT2D eigenvalue weighted by atomic mass is 16.5. The molecular formula is C13H17N3O. The van der Waals surface area contributed by atoms with Crippen LogP contribution in [-0.2, 0) is 5.41 Å². The van der Waals surface area contributed by atoms with Gasteiger partial charge in [-0.15, -0.1) is 0 Å². The van der Waals surface area contributed by atoms with Crippen LogP contribution >= 0.6 is 0 Å². The van der Waals surface area contributed by atoms with Gasteiger partial charge in [0.1, 0.15) is 0 Å². The maximum absolute atomic E-state index is 5.02. The Bertz CT molecular complexity index is 494. The van der Waals surface area contributed by atoms with Crippen molar-refractivity contribution in [1.29, 1.82) is 0 Å². The van der Waals surface area contributed by atoms with Crippen molar-refractivity contribution in [2.24, 2.45) is 0 Å². The predicted octanol–water partition coefficient (Wildman–Crippen LogP) is 2.57. The lowest BCUT2D eigenvalue weighted by Gasteiger charge is -2.14. The van der Waals surface area contributed by atoms with Crippen molar-refractivity contribution in [3.8, 4) is 11.6 Å². The van der Waals surface area contributed by atoms with Crippen molar-refractivity contribution in [3.05, 3.63) is 36.3 Å². The van der Waals surface area contributed by atoms with Crippen molar-refractivity contribution < 1.29 is 4.74 Å². The van der Waals surface area contributed by atoms with Crippen LogP contribution in [0.4, 0.5) is 0 Å². The SMILES string of the molecule is COc1ccc(-n2ccc(C(C)(C)C)n2)cn1. The van der Waals surface area contributed by atoms with Crippen molar-refractivity contribution >= 4 is 0 Å². The lowest BCUT2D eigenvalue weighted by molar-refractivity contribution is 0.397. The second kappa shape index (κ2) is 4.20. The highest BCUT2D eigenvalue weighted by molar-refractivity contribution is 5.31. The number of ether oxygens (including phenoxy) is 1. The van der Waals surface area contributed by atoms with Gasteiger partial charge in [-0.25, -0.2) is 9.67 Å². The summed E-state index contributed by atoms with van der Waals surface area (Å²) < 4.78 is 6.85. The van der Waals surface area contributed by atoms with Crippen LogP contribution in [0.2, 0.25) is 0 Å². The van der Waals surface area contributed by atoms with Gasteiger partial charge in [-0.3, -0.25) is 0 Å². The number of nitrogens with zero attached hydrogens (tertiary/aromatic N) is 3. The minimum atomic E-state index is 0.0607. The van der Waals surface area contributed by atoms with Gasteiger partial charge in [-0.05, 0) is 12.1 Å². The van der Waals surface area contributed by atoms with Crippen molar-refractivity contribution in [2.75, 3.05) is 7.11 Å². The highest BCUT2D eigenvalue weighted by Crippen LogP contribution is 2.21. The highest BCUT2D eigenvalue weighted by Gasteiger charge is 2.16. The molecule has 0 aromatic carbocycles. The Morgan fingerprint density at radius 3 is 2.41 bits per heavy atom. The van der Waals surface area contributed by atoms with E-state index in [1.807, 2.05) is 29.1 Å². The van der Waals surface area contributed by atoms with Gasteiger partial charge in [0.05, 0.1) is 24.7 Å². The quantitative estimate of drug-likeness (QED) is 0.797. The summed E-state index contributed by atoms with van der Waals surface area (Å²) in [5.41, 5.74) is 2.06. The standard InChI is InChI=1S/C13H17N3O/c1-13(2,3)11-7-8-16(15-11)10-5-6-12(17-4)14-9-10/h5-9H,1-4H3. The summed E-state index contributed by atoms with van der Waals surface area (Å²) in [6.07, 6.45) is 3.70. The zero-order valence-corrected chi connectivity index (χ0v) is 10.6. The Labute approximate surface area is 101 Å². The smallest absolute Gasteiger partial charge is 0.213 e. The zero-order valence-electron chi connectivity index (χ0n) is 10.6. The van der Waals surface area contributed by atoms with Gasteiger partial charge in [0.2, 0.25) is 5.88 Å². The topological polar surface area (TPSA) is 39.9 Å². The number of hydrogen-bond acceptors (Lipinski definition) is 3. The molecule has 2 aromatic heterocycles. The molecule has 0 aliphatic heterocycles. The summed E-state index contributed by atoms with van der Waals surface area (Å²) in [5.74, 6) is 0.608. The molecule has 0 N–H and O–H groups in total. The monoisotopic (exact) mass is 231 g/mol. The Hall–Kier alpha value is -1.84. The maximum atomic E-state index is 5.02. The van der Waals surface area contributed by atoms with Gasteiger partial charge >= 0.3 is 0 Å². The zero-order chi connectivity index (χ0) is 12.5. The summed E-state index contributed by atoms with van der Waals surface area (Å²) in [4.78, 5) is 4.16. The van der Waals surface area contributed by atoms with E-state index in [4.69, 9.17) is 4.74 Å². The summed E-state index contributed by atoms with van der Waals surface area (Å²) in [5, 5.41) is 4.54. The van der Waals surface area contributed by atoms with E-state index in [-0.39, 0.29) is 5.41 Å². The van der Waals surface area contributed by atoms with E-state index in [2.05, 4.69) is 30.9 Å². The molecule has 0 aliphatic rings. The van der Waals surface area contributed by atoms with Crippen LogP contribution in [0.1, 0.15) is 26.5 Å². The van der Waals surface area contributed by atoms with Gasteiger partial charge in [0.25, 0.3) is 0 Å². The molecule has 4 nitrogen and oxygen atoms in total. The molecule has 0 amide bonds. The van der Waals surface area contributed by atoms with Crippen LogP contribution in [0.5, 0.6) is 5.88 Å². The summed E-state index contributed by atoms with van der Waals surface area (Å²) in [6.45, 7) is 6.43. The van der Waals surface area contributed by atoms with Gasteiger partial charge < -0.3 is 4.74 Å². The minimum Gasteiger partial charge on any atom is -0.481 e. The second-order valence-corrected chi connectivity index (χ2v) is 4.95. The fourth-order valence-corrected chi connectivity index (χ4v) is 1.50. The molecule has 0 saturated carbocycles. The fraction of sp³-hybridized carbons (Fsp3) is 0.385. The molecule has 0 bridgehead atoms. The summed E-state index contributed by atoms with van der Waals surface area (Å²) >= 11 is 0. The molecular weight excluding hydrogens is 214 g/mol. The van der Waals surface area contributed by atoms with E-state index >= 15 is 0 Å². The summed E-state index contributed by atoms with van der Waals surface area (Å²) in [6, 6.07) is 5.79. The maximum Gasteiger partial charge on any atom is 0.213 e. The summed E-state index contributed by atoms with van der Waals surface area (Å²) in [7, 11) is 1.60. The predicted molar refractivity (Wildman–Crippen MR) is 66.6 cm³/mol. The number of hydrogen-bond donors (Lipinski definition) is 0. The molecule has 17 heavy (non-hydrogen) atoms. The Morgan fingerprint density at radius 2 is 1.94 bits per heavy atom. The number of methoxy groups -OCH3 is 1. The molecule has 0 fully saturated rings. The largest absolute Gasteiger partial charge is 0.481 e. The molecule has 90 valence electrons. The molecule has 0 unspecified atom stereocenters. The van der Waals surface area contributed by atoms with Crippen molar-refractivity contribution in [2.45, 2.75) is 26.2 Å². The van der Waals surface area contributed by atoms with E-state index in [9.17, 15) is 0 Å². The van der Waals surface area contributed by atoms with Crippen molar-refractivity contribution in [1.82, 2.24) is 14.8 Å². The first-order valence-corrected chi connectivity index (χ1v) is 5.57. The molecule has 2 aromatic rings. The van der Waals surface area contributed by atoms with Gasteiger partial charge in [-0.2, -0.15) is 5.10 Å². The molecule has 0 aliphatic carbocycles. The van der Waals surface area contributed by atoms with E-state index in [1.54, 1.807) is 13.3 Å². The van der Waals surface area contributed by atoms with E-state index in [0.29, 0.717) is 5.88 Å².